The second kappa shape index (κ2) is 7.82. The van der Waals surface area contributed by atoms with E-state index in [9.17, 15) is 0 Å². The first-order chi connectivity index (χ1) is 14.7. The van der Waals surface area contributed by atoms with Crippen LogP contribution in [0, 0.1) is 6.92 Å². The van der Waals surface area contributed by atoms with E-state index >= 15 is 0 Å². The van der Waals surface area contributed by atoms with Crippen molar-refractivity contribution < 1.29 is 4.74 Å². The maximum atomic E-state index is 6.30. The maximum Gasteiger partial charge on any atom is 0.148 e. The lowest BCUT2D eigenvalue weighted by molar-refractivity contribution is 0.308. The first-order valence-corrected chi connectivity index (χ1v) is 11.8. The summed E-state index contributed by atoms with van der Waals surface area (Å²) in [6.45, 7) is 2.64. The number of aryl methyl sites for hydroxylation is 2. The molecule has 1 aliphatic heterocycles. The minimum Gasteiger partial charge on any atom is -0.487 e. The Kier molecular flexibility index (Phi) is 5.01. The van der Waals surface area contributed by atoms with Crippen LogP contribution in [0.4, 0.5) is 0 Å². The van der Waals surface area contributed by atoms with E-state index in [1.807, 2.05) is 25.2 Å². The van der Waals surface area contributed by atoms with Gasteiger partial charge in [0.05, 0.1) is 0 Å². The number of ether oxygens (including phenoxy) is 1. The normalized spacial score (nSPS) is 16.2. The molecule has 0 saturated heterocycles. The Labute approximate surface area is 183 Å². The number of thiol groups is 1. The third kappa shape index (κ3) is 3.18. The molecule has 152 valence electrons. The molecule has 1 atom stereocenters. The summed E-state index contributed by atoms with van der Waals surface area (Å²) in [5.41, 5.74) is 6.55. The van der Waals surface area contributed by atoms with Crippen LogP contribution >= 0.6 is 22.5 Å². The van der Waals surface area contributed by atoms with Gasteiger partial charge < -0.3 is 4.74 Å². The monoisotopic (exact) mass is 435 g/mol. The lowest BCUT2D eigenvalue weighted by Crippen LogP contribution is -2.00. The quantitative estimate of drug-likeness (QED) is 0.309. The molecule has 0 fully saturated rings. The fraction of sp³-hybridized carbons (Fsp3) is 0.167. The fourth-order valence-corrected chi connectivity index (χ4v) is 6.52. The van der Waals surface area contributed by atoms with Gasteiger partial charge >= 0.3 is 0 Å². The number of alkyl halides is 1. The first-order valence-electron chi connectivity index (χ1n) is 9.82. The van der Waals surface area contributed by atoms with Crippen molar-refractivity contribution in [3.05, 3.63) is 82.3 Å². The van der Waals surface area contributed by atoms with Gasteiger partial charge in [0.1, 0.15) is 23.4 Å². The second-order valence-electron chi connectivity index (χ2n) is 7.37. The lowest BCUT2D eigenvalue weighted by Gasteiger charge is -2.21. The zero-order valence-corrected chi connectivity index (χ0v) is 18.5. The number of halogens is 1. The summed E-state index contributed by atoms with van der Waals surface area (Å²) in [5, 5.41) is 11.0. The van der Waals surface area contributed by atoms with Gasteiger partial charge in [0.25, 0.3) is 0 Å². The largest absolute Gasteiger partial charge is 0.487 e. The van der Waals surface area contributed by atoms with Gasteiger partial charge in [-0.3, -0.25) is 0 Å². The molecule has 5 rings (SSSR count). The van der Waals surface area contributed by atoms with Gasteiger partial charge in [0.15, 0.2) is 0 Å². The molecular weight excluding hydrogens is 414 g/mol. The average Bonchev–Trinajstić information content (AvgIpc) is 3.38. The van der Waals surface area contributed by atoms with E-state index < -0.39 is 10.9 Å². The smallest absolute Gasteiger partial charge is 0.148 e. The predicted octanol–water partition coefficient (Wildman–Crippen LogP) is 6.00. The Balaban J connectivity index is 1.61. The molecule has 0 aliphatic carbocycles. The Hall–Kier alpha value is -2.76. The number of benzene rings is 3. The third-order valence-corrected chi connectivity index (χ3v) is 8.16. The van der Waals surface area contributed by atoms with Crippen LogP contribution in [-0.2, 0) is 19.5 Å². The summed E-state index contributed by atoms with van der Waals surface area (Å²) in [4.78, 5) is 2.59. The van der Waals surface area contributed by atoms with Crippen LogP contribution in [0.25, 0.3) is 17.1 Å². The van der Waals surface area contributed by atoms with E-state index in [4.69, 9.17) is 16.3 Å². The van der Waals surface area contributed by atoms with Crippen LogP contribution in [0.15, 0.2) is 69.8 Å². The first kappa shape index (κ1) is 19.2. The van der Waals surface area contributed by atoms with E-state index in [-0.39, 0.29) is 0 Å². The van der Waals surface area contributed by atoms with Crippen LogP contribution in [0.5, 0.6) is 5.75 Å². The van der Waals surface area contributed by atoms with E-state index in [1.54, 1.807) is 4.68 Å². The number of fused-ring (bicyclic) bond motifs is 2. The molecule has 3 aromatic carbocycles. The summed E-state index contributed by atoms with van der Waals surface area (Å²) < 4.78 is 8.09. The molecule has 6 heteroatoms. The highest BCUT2D eigenvalue weighted by atomic mass is 35.5. The van der Waals surface area contributed by atoms with Crippen molar-refractivity contribution in [3.63, 3.8) is 0 Å². The second-order valence-corrected chi connectivity index (χ2v) is 9.64. The highest BCUT2D eigenvalue weighted by molar-refractivity contribution is 8.20. The molecule has 2 heterocycles. The average molecular weight is 436 g/mol. The van der Waals surface area contributed by atoms with Gasteiger partial charge in [-0.15, -0.1) is 16.7 Å². The van der Waals surface area contributed by atoms with Crippen LogP contribution < -0.4 is 4.74 Å². The van der Waals surface area contributed by atoms with Crippen LogP contribution in [0.2, 0.25) is 0 Å². The molecule has 1 aliphatic rings. The van der Waals surface area contributed by atoms with Gasteiger partial charge in [-0.1, -0.05) is 47.7 Å². The maximum absolute atomic E-state index is 6.30. The molecule has 0 radical (unpaired) electrons. The molecule has 0 amide bonds. The molecule has 1 aromatic heterocycles. The summed E-state index contributed by atoms with van der Waals surface area (Å²) in [6, 6.07) is 18.8. The van der Waals surface area contributed by atoms with Crippen molar-refractivity contribution in [2.24, 2.45) is 7.05 Å². The van der Waals surface area contributed by atoms with Crippen LogP contribution in [-0.4, -0.2) is 15.0 Å². The SMILES string of the molecule is Cc1c([SH]2C=Cc3c(CCl)cccc32)cc(OCc2ccccc2)c2c1nnn2C. The number of aromatic nitrogens is 3. The minimum atomic E-state index is -0.640. The van der Waals surface area contributed by atoms with E-state index in [0.717, 1.165) is 27.9 Å². The fourth-order valence-electron chi connectivity index (χ4n) is 3.96. The summed E-state index contributed by atoms with van der Waals surface area (Å²) in [6.07, 6.45) is 2.21. The van der Waals surface area contributed by atoms with Crippen molar-refractivity contribution >= 4 is 39.6 Å². The van der Waals surface area contributed by atoms with E-state index in [2.05, 4.69) is 65.1 Å². The Morgan fingerprint density at radius 2 is 1.90 bits per heavy atom. The Morgan fingerprint density at radius 3 is 2.70 bits per heavy atom. The summed E-state index contributed by atoms with van der Waals surface area (Å²) >= 11 is 6.17. The van der Waals surface area contributed by atoms with Crippen molar-refractivity contribution in [2.45, 2.75) is 29.2 Å². The molecule has 0 N–H and O–H groups in total. The van der Waals surface area contributed by atoms with Crippen LogP contribution in [0.3, 0.4) is 0 Å². The number of hydrogen-bond donors (Lipinski definition) is 1. The zero-order chi connectivity index (χ0) is 20.7. The highest BCUT2D eigenvalue weighted by Crippen LogP contribution is 2.55. The summed E-state index contributed by atoms with van der Waals surface area (Å²) in [7, 11) is 1.27. The third-order valence-electron chi connectivity index (χ3n) is 5.53. The molecule has 0 spiro atoms. The molecule has 0 saturated carbocycles. The topological polar surface area (TPSA) is 39.9 Å². The molecule has 0 bridgehead atoms. The molecule has 1 unspecified atom stereocenters. The van der Waals surface area contributed by atoms with Crippen molar-refractivity contribution in [1.82, 2.24) is 15.0 Å². The van der Waals surface area contributed by atoms with Gasteiger partial charge in [-0.25, -0.2) is 4.68 Å². The molecule has 4 aromatic rings. The number of rotatable bonds is 5. The molecular formula is C24H22ClN3OS. The molecule has 4 nitrogen and oxygen atoms in total. The van der Waals surface area contributed by atoms with Gasteiger partial charge in [0, 0.05) is 22.7 Å². The Bertz CT molecular complexity index is 1270. The standard InChI is InChI=1S/C24H22ClN3OS/c1-16-22(30-12-11-19-18(14-25)9-6-10-21(19)30)13-20(24-23(16)26-27-28(24)2)29-15-17-7-4-3-5-8-17/h3-13,30H,14-15H2,1-2H3. The lowest BCUT2D eigenvalue weighted by atomic mass is 10.1. The van der Waals surface area contributed by atoms with Gasteiger partial charge in [-0.2, -0.15) is 10.9 Å². The number of nitrogens with zero attached hydrogens (tertiary/aromatic N) is 3. The molecule has 30 heavy (non-hydrogen) atoms. The predicted molar refractivity (Wildman–Crippen MR) is 125 cm³/mol. The summed E-state index contributed by atoms with van der Waals surface area (Å²) in [5.74, 6) is 1.34. The van der Waals surface area contributed by atoms with E-state index in [0.29, 0.717) is 12.5 Å². The van der Waals surface area contributed by atoms with Gasteiger partial charge in [0.2, 0.25) is 0 Å². The van der Waals surface area contributed by atoms with E-state index in [1.165, 1.54) is 20.9 Å². The minimum absolute atomic E-state index is 0.504. The van der Waals surface area contributed by atoms with Crippen molar-refractivity contribution in [3.8, 4) is 5.75 Å². The van der Waals surface area contributed by atoms with Gasteiger partial charge in [-0.05, 0) is 52.8 Å². The Morgan fingerprint density at radius 1 is 1.07 bits per heavy atom. The highest BCUT2D eigenvalue weighted by Gasteiger charge is 2.23. The number of hydrogen-bond acceptors (Lipinski definition) is 3. The van der Waals surface area contributed by atoms with Crippen molar-refractivity contribution in [2.75, 3.05) is 0 Å². The van der Waals surface area contributed by atoms with Crippen molar-refractivity contribution in [1.29, 1.82) is 0 Å². The zero-order valence-electron chi connectivity index (χ0n) is 16.8. The van der Waals surface area contributed by atoms with Crippen LogP contribution in [0.1, 0.15) is 22.3 Å².